The van der Waals surface area contributed by atoms with Crippen molar-refractivity contribution in [2.75, 3.05) is 81.2 Å². The van der Waals surface area contributed by atoms with Crippen LogP contribution in [0.2, 0.25) is 0 Å². The lowest BCUT2D eigenvalue weighted by atomic mass is 9.72. The molecule has 2 aromatic rings. The van der Waals surface area contributed by atoms with Gasteiger partial charge < -0.3 is 30.3 Å². The van der Waals surface area contributed by atoms with Gasteiger partial charge in [-0.2, -0.15) is 20.5 Å². The molecule has 3 atom stereocenters. The number of nitriles is 2. The summed E-state index contributed by atoms with van der Waals surface area (Å²) < 4.78 is 27.5. The monoisotopic (exact) mass is 605 g/mol. The molecule has 1 spiro atoms. The maximum Gasteiger partial charge on any atom is 0.320 e. The molecule has 2 aromatic heterocycles. The Morgan fingerprint density at radius 2 is 1.72 bits per heavy atom. The van der Waals surface area contributed by atoms with Crippen molar-refractivity contribution in [3.05, 3.63) is 21.6 Å². The van der Waals surface area contributed by atoms with E-state index in [0.29, 0.717) is 59.5 Å². The van der Waals surface area contributed by atoms with Crippen molar-refractivity contribution in [1.82, 2.24) is 20.2 Å². The molecule has 2 bridgehead atoms. The number of anilines is 3. The van der Waals surface area contributed by atoms with Crippen LogP contribution in [-0.2, 0) is 16.6 Å². The second-order valence-corrected chi connectivity index (χ2v) is 14.4. The van der Waals surface area contributed by atoms with Crippen molar-refractivity contribution in [2.24, 2.45) is 5.41 Å². The second-order valence-electron chi connectivity index (χ2n) is 13.3. The summed E-state index contributed by atoms with van der Waals surface area (Å²) in [5, 5.41) is 24.4. The van der Waals surface area contributed by atoms with Gasteiger partial charge in [-0.3, -0.25) is 4.90 Å². The van der Waals surface area contributed by atoms with E-state index in [0.717, 1.165) is 82.1 Å². The van der Waals surface area contributed by atoms with Crippen molar-refractivity contribution in [1.29, 1.82) is 10.5 Å². The standard InChI is InChI=1S/C30H36FN9O2S/c31-23-9-22-24(20(10-32)25(34)43-22)30(23)15-40(16-30)27-21(11-33)26(39-12-18-1-2-19(13-39)35-18)36-28(37-27)42-17-29(3-4-29)14-38-5-7-41-8-6-38/h18-19,23,35H,1-9,12-17,34H2/t18-,19?,23?/m1/s1. The predicted octanol–water partition coefficient (Wildman–Crippen LogP) is 1.95. The lowest BCUT2D eigenvalue weighted by Crippen LogP contribution is -2.63. The van der Waals surface area contributed by atoms with E-state index in [9.17, 15) is 10.5 Å². The highest BCUT2D eigenvalue weighted by Crippen LogP contribution is 2.54. The zero-order valence-electron chi connectivity index (χ0n) is 24.1. The first kappa shape index (κ1) is 27.3. The molecule has 3 N–H and O–H groups in total. The Kier molecular flexibility index (Phi) is 6.46. The molecule has 226 valence electrons. The fraction of sp³-hybridized carbons (Fsp3) is 0.667. The van der Waals surface area contributed by atoms with Gasteiger partial charge in [-0.15, -0.1) is 11.3 Å². The molecule has 0 amide bonds. The van der Waals surface area contributed by atoms with Crippen LogP contribution in [0.15, 0.2) is 0 Å². The summed E-state index contributed by atoms with van der Waals surface area (Å²) in [5.41, 5.74) is 6.96. The molecule has 0 aromatic carbocycles. The Balaban J connectivity index is 1.10. The van der Waals surface area contributed by atoms with E-state index in [1.54, 1.807) is 0 Å². The van der Waals surface area contributed by atoms with E-state index in [1.807, 2.05) is 4.90 Å². The summed E-state index contributed by atoms with van der Waals surface area (Å²) in [6.45, 7) is 7.06. The summed E-state index contributed by atoms with van der Waals surface area (Å²) in [7, 11) is 0. The van der Waals surface area contributed by atoms with Crippen molar-refractivity contribution in [2.45, 2.75) is 55.8 Å². The van der Waals surface area contributed by atoms with Gasteiger partial charge >= 0.3 is 6.01 Å². The van der Waals surface area contributed by atoms with Crippen LogP contribution in [0.4, 0.5) is 21.0 Å². The van der Waals surface area contributed by atoms with Gasteiger partial charge in [0.2, 0.25) is 0 Å². The van der Waals surface area contributed by atoms with E-state index in [2.05, 4.69) is 27.3 Å². The Labute approximate surface area is 254 Å². The number of nitrogens with two attached hydrogens (primary N) is 1. The summed E-state index contributed by atoms with van der Waals surface area (Å²) in [6.07, 6.45) is 3.56. The smallest absolute Gasteiger partial charge is 0.320 e. The maximum absolute atomic E-state index is 15.6. The Bertz CT molecular complexity index is 1510. The molecular formula is C30H36FN9O2S. The average molecular weight is 606 g/mol. The van der Waals surface area contributed by atoms with Crippen LogP contribution in [0.5, 0.6) is 6.01 Å². The van der Waals surface area contributed by atoms with Crippen molar-refractivity contribution in [3.63, 3.8) is 0 Å². The fourth-order valence-electron chi connectivity index (χ4n) is 7.92. The fourth-order valence-corrected chi connectivity index (χ4v) is 9.07. The van der Waals surface area contributed by atoms with Crippen LogP contribution in [-0.4, -0.2) is 98.8 Å². The number of thiophene rings is 1. The summed E-state index contributed by atoms with van der Waals surface area (Å²) >= 11 is 1.32. The van der Waals surface area contributed by atoms with Crippen molar-refractivity contribution < 1.29 is 13.9 Å². The molecule has 4 saturated heterocycles. The normalized spacial score (nSPS) is 28.3. The van der Waals surface area contributed by atoms with Gasteiger partial charge in [0.05, 0.1) is 30.8 Å². The van der Waals surface area contributed by atoms with Gasteiger partial charge in [0, 0.05) is 74.6 Å². The topological polar surface area (TPSA) is 140 Å². The van der Waals surface area contributed by atoms with Gasteiger partial charge in [0.1, 0.15) is 28.9 Å². The molecule has 11 nitrogen and oxygen atoms in total. The van der Waals surface area contributed by atoms with Crippen molar-refractivity contribution in [3.8, 4) is 18.1 Å². The van der Waals surface area contributed by atoms with Gasteiger partial charge in [-0.1, -0.05) is 0 Å². The van der Waals surface area contributed by atoms with E-state index in [4.69, 9.17) is 25.2 Å². The van der Waals surface area contributed by atoms with Crippen LogP contribution in [0.3, 0.4) is 0 Å². The molecule has 6 heterocycles. The molecule has 43 heavy (non-hydrogen) atoms. The molecule has 0 radical (unpaired) electrons. The van der Waals surface area contributed by atoms with E-state index < -0.39 is 11.6 Å². The number of halogens is 1. The first-order chi connectivity index (χ1) is 20.9. The number of nitrogens with zero attached hydrogens (tertiary/aromatic N) is 7. The number of nitrogen functional groups attached to an aromatic ring is 1. The molecule has 2 aliphatic carbocycles. The van der Waals surface area contributed by atoms with E-state index in [1.165, 1.54) is 11.3 Å². The number of ether oxygens (including phenoxy) is 2. The predicted molar refractivity (Wildman–Crippen MR) is 159 cm³/mol. The van der Waals surface area contributed by atoms with Gasteiger partial charge in [-0.25, -0.2) is 4.39 Å². The number of morpholine rings is 1. The number of piperazine rings is 1. The van der Waals surface area contributed by atoms with Crippen molar-refractivity contribution >= 4 is 28.0 Å². The lowest BCUT2D eigenvalue weighted by molar-refractivity contribution is 0.0231. The largest absolute Gasteiger partial charge is 0.463 e. The summed E-state index contributed by atoms with van der Waals surface area (Å²) in [6, 6.07) is 5.61. The average Bonchev–Trinajstić information content (AvgIpc) is 3.45. The first-order valence-electron chi connectivity index (χ1n) is 15.4. The highest BCUT2D eigenvalue weighted by atomic mass is 32.1. The Morgan fingerprint density at radius 1 is 1.05 bits per heavy atom. The Hall–Kier alpha value is -3.23. The number of fused-ring (bicyclic) bond motifs is 4. The number of hydrogen-bond acceptors (Lipinski definition) is 12. The highest BCUT2D eigenvalue weighted by Gasteiger charge is 2.58. The highest BCUT2D eigenvalue weighted by molar-refractivity contribution is 7.16. The molecule has 2 unspecified atom stereocenters. The maximum atomic E-state index is 15.6. The van der Waals surface area contributed by atoms with Crippen LogP contribution in [0.25, 0.3) is 0 Å². The number of nitrogens with one attached hydrogen (secondary N) is 1. The number of rotatable bonds is 7. The third-order valence-corrected chi connectivity index (χ3v) is 11.5. The molecule has 13 heteroatoms. The van der Waals surface area contributed by atoms with Gasteiger partial charge in [0.15, 0.2) is 11.6 Å². The molecule has 6 aliphatic rings. The lowest BCUT2D eigenvalue weighted by Gasteiger charge is -2.50. The van der Waals surface area contributed by atoms with Gasteiger partial charge in [-0.05, 0) is 31.2 Å². The molecule has 4 aliphatic heterocycles. The SMILES string of the molecule is N#Cc1c(N2CC3CC[C@H](C2)N3)nc(OCC2(CN3CCOCC3)CC2)nc1N1CC2(C1)c1c(sc(N)c1C#N)CC2F. The zero-order valence-corrected chi connectivity index (χ0v) is 25.0. The van der Waals surface area contributed by atoms with Crippen LogP contribution in [0.1, 0.15) is 47.3 Å². The van der Waals surface area contributed by atoms with Crippen LogP contribution in [0, 0.1) is 28.1 Å². The number of hydrogen-bond donors (Lipinski definition) is 2. The first-order valence-corrected chi connectivity index (χ1v) is 16.2. The minimum Gasteiger partial charge on any atom is -0.463 e. The number of alkyl halides is 1. The molecular weight excluding hydrogens is 569 g/mol. The summed E-state index contributed by atoms with van der Waals surface area (Å²) in [4.78, 5) is 17.2. The zero-order chi connectivity index (χ0) is 29.3. The van der Waals surface area contributed by atoms with Crippen LogP contribution < -0.4 is 25.6 Å². The minimum absolute atomic E-state index is 0.0815. The van der Waals surface area contributed by atoms with Crippen LogP contribution >= 0.6 is 11.3 Å². The third-order valence-electron chi connectivity index (χ3n) is 10.4. The quantitative estimate of drug-likeness (QED) is 0.479. The Morgan fingerprint density at radius 3 is 2.37 bits per heavy atom. The third kappa shape index (κ3) is 4.51. The van der Waals surface area contributed by atoms with Gasteiger partial charge in [0.25, 0.3) is 0 Å². The van der Waals surface area contributed by atoms with E-state index in [-0.39, 0.29) is 17.8 Å². The minimum atomic E-state index is -1.11. The second kappa shape index (κ2) is 10.2. The molecule has 5 fully saturated rings. The molecule has 1 saturated carbocycles. The number of aromatic nitrogens is 2. The molecule has 8 rings (SSSR count). The summed E-state index contributed by atoms with van der Waals surface area (Å²) in [5.74, 6) is 1.08. The van der Waals surface area contributed by atoms with E-state index >= 15 is 4.39 Å².